The van der Waals surface area contributed by atoms with Crippen LogP contribution in [0.15, 0.2) is 4.99 Å². The molecular formula is C9H18N2OS. The molecule has 3 nitrogen and oxygen atoms in total. The summed E-state index contributed by atoms with van der Waals surface area (Å²) < 4.78 is 11.1. The van der Waals surface area contributed by atoms with E-state index in [4.69, 9.17) is 0 Å². The van der Waals surface area contributed by atoms with Crippen LogP contribution in [0.3, 0.4) is 0 Å². The maximum absolute atomic E-state index is 11.1. The Morgan fingerprint density at radius 2 is 2.38 bits per heavy atom. The zero-order valence-corrected chi connectivity index (χ0v) is 9.03. The van der Waals surface area contributed by atoms with E-state index in [0.29, 0.717) is 0 Å². The van der Waals surface area contributed by atoms with E-state index in [1.165, 1.54) is 12.8 Å². The second kappa shape index (κ2) is 6.13. The van der Waals surface area contributed by atoms with Crippen molar-refractivity contribution in [3.63, 3.8) is 0 Å². The van der Waals surface area contributed by atoms with Gasteiger partial charge in [0.1, 0.15) is 0 Å². The normalized spacial score (nSPS) is 19.3. The van der Waals surface area contributed by atoms with Crippen LogP contribution in [0, 0.1) is 0 Å². The zero-order valence-electron chi connectivity index (χ0n) is 8.21. The number of hydrogen-bond donors (Lipinski definition) is 1. The third-order valence-electron chi connectivity index (χ3n) is 2.11. The molecule has 0 saturated heterocycles. The lowest BCUT2D eigenvalue weighted by Gasteiger charge is -2.13. The molecule has 0 aromatic rings. The molecule has 1 aliphatic heterocycles. The Morgan fingerprint density at radius 3 is 3.00 bits per heavy atom. The molecule has 13 heavy (non-hydrogen) atoms. The molecule has 1 atom stereocenters. The van der Waals surface area contributed by atoms with Crippen LogP contribution in [-0.4, -0.2) is 34.6 Å². The van der Waals surface area contributed by atoms with Gasteiger partial charge in [0.05, 0.1) is 5.84 Å². The second-order valence-corrected chi connectivity index (χ2v) is 5.01. The minimum Gasteiger partial charge on any atom is -0.373 e. The van der Waals surface area contributed by atoms with E-state index in [-0.39, 0.29) is 0 Å². The second-order valence-electron chi connectivity index (χ2n) is 3.14. The fourth-order valence-corrected chi connectivity index (χ4v) is 1.91. The van der Waals surface area contributed by atoms with Crippen LogP contribution in [0.1, 0.15) is 26.2 Å². The molecule has 4 heteroatoms. The molecule has 0 bridgehead atoms. The molecular weight excluding hydrogens is 184 g/mol. The van der Waals surface area contributed by atoms with Crippen LogP contribution < -0.4 is 5.32 Å². The Bertz CT molecular complexity index is 204. The van der Waals surface area contributed by atoms with Gasteiger partial charge in [0.2, 0.25) is 0 Å². The Morgan fingerprint density at radius 1 is 1.54 bits per heavy atom. The van der Waals surface area contributed by atoms with Crippen LogP contribution in [0.4, 0.5) is 0 Å². The topological polar surface area (TPSA) is 41.5 Å². The summed E-state index contributed by atoms with van der Waals surface area (Å²) in [4.78, 5) is 4.36. The van der Waals surface area contributed by atoms with Crippen molar-refractivity contribution in [3.05, 3.63) is 0 Å². The molecule has 0 aromatic carbocycles. The molecule has 1 N–H and O–H groups in total. The summed E-state index contributed by atoms with van der Waals surface area (Å²) in [5.74, 6) is 2.61. The van der Waals surface area contributed by atoms with E-state index in [9.17, 15) is 4.21 Å². The summed E-state index contributed by atoms with van der Waals surface area (Å²) in [6, 6.07) is 0. The van der Waals surface area contributed by atoms with Gasteiger partial charge in [-0.05, 0) is 12.8 Å². The summed E-state index contributed by atoms with van der Waals surface area (Å²) in [6.45, 7) is 3.72. The summed E-state index contributed by atoms with van der Waals surface area (Å²) in [6.07, 6.45) is 3.52. The minimum absolute atomic E-state index is 0.649. The van der Waals surface area contributed by atoms with Gasteiger partial charge in [0.25, 0.3) is 0 Å². The number of nitrogens with zero attached hydrogens (tertiary/aromatic N) is 1. The summed E-state index contributed by atoms with van der Waals surface area (Å²) in [5, 5.41) is 3.24. The highest BCUT2D eigenvalue weighted by Gasteiger charge is 2.04. The van der Waals surface area contributed by atoms with Crippen molar-refractivity contribution in [1.29, 1.82) is 0 Å². The van der Waals surface area contributed by atoms with Gasteiger partial charge < -0.3 is 5.32 Å². The molecule has 76 valence electrons. The number of amidine groups is 1. The maximum atomic E-state index is 11.1. The molecule has 0 amide bonds. The first-order chi connectivity index (χ1) is 6.33. The number of aliphatic imine (C=N–C) groups is 1. The zero-order chi connectivity index (χ0) is 9.52. The standard InChI is InChI=1S/C9H18N2OS/c1-2-13(12)8-7-11-9-5-3-4-6-10-9/h2-8H2,1H3,(H,10,11). The first-order valence-electron chi connectivity index (χ1n) is 4.95. The van der Waals surface area contributed by atoms with E-state index in [0.717, 1.165) is 36.9 Å². The van der Waals surface area contributed by atoms with Crippen LogP contribution in [0.25, 0.3) is 0 Å². The van der Waals surface area contributed by atoms with Gasteiger partial charge in [0, 0.05) is 41.8 Å². The fourth-order valence-electron chi connectivity index (χ4n) is 1.30. The highest BCUT2D eigenvalue weighted by molar-refractivity contribution is 7.84. The van der Waals surface area contributed by atoms with E-state index in [1.807, 2.05) is 6.92 Å². The van der Waals surface area contributed by atoms with E-state index in [1.54, 1.807) is 0 Å². The van der Waals surface area contributed by atoms with Crippen molar-refractivity contribution >= 4 is 16.6 Å². The molecule has 0 radical (unpaired) electrons. The average molecular weight is 202 g/mol. The van der Waals surface area contributed by atoms with Gasteiger partial charge in [-0.15, -0.1) is 0 Å². The van der Waals surface area contributed by atoms with Crippen molar-refractivity contribution in [3.8, 4) is 0 Å². The van der Waals surface area contributed by atoms with Crippen LogP contribution in [0.2, 0.25) is 0 Å². The number of rotatable bonds is 4. The molecule has 1 rings (SSSR count). The van der Waals surface area contributed by atoms with E-state index >= 15 is 0 Å². The molecule has 1 aliphatic rings. The van der Waals surface area contributed by atoms with Crippen molar-refractivity contribution in [2.24, 2.45) is 4.99 Å². The first kappa shape index (κ1) is 10.7. The molecule has 0 saturated carbocycles. The monoisotopic (exact) mass is 202 g/mol. The molecule has 0 aromatic heterocycles. The van der Waals surface area contributed by atoms with Crippen molar-refractivity contribution in [2.45, 2.75) is 26.2 Å². The largest absolute Gasteiger partial charge is 0.373 e. The molecule has 0 spiro atoms. The Balaban J connectivity index is 2.11. The van der Waals surface area contributed by atoms with E-state index in [2.05, 4.69) is 10.3 Å². The third kappa shape index (κ3) is 4.41. The lowest BCUT2D eigenvalue weighted by atomic mass is 10.2. The molecule has 0 aliphatic carbocycles. The molecule has 0 fully saturated rings. The fraction of sp³-hybridized carbons (Fsp3) is 0.889. The minimum atomic E-state index is -0.649. The first-order valence-corrected chi connectivity index (χ1v) is 6.44. The van der Waals surface area contributed by atoms with Crippen LogP contribution in [0.5, 0.6) is 0 Å². The lowest BCUT2D eigenvalue weighted by molar-refractivity contribution is 0.680. The summed E-state index contributed by atoms with van der Waals surface area (Å²) in [7, 11) is -0.649. The van der Waals surface area contributed by atoms with Gasteiger partial charge in [-0.3, -0.25) is 9.20 Å². The SMILES string of the molecule is CCS(=O)CCNC1=NCCCC1. The van der Waals surface area contributed by atoms with Gasteiger partial charge in [-0.25, -0.2) is 0 Å². The smallest absolute Gasteiger partial charge is 0.0963 e. The third-order valence-corrected chi connectivity index (χ3v) is 3.41. The van der Waals surface area contributed by atoms with Crippen molar-refractivity contribution in [1.82, 2.24) is 5.32 Å². The quantitative estimate of drug-likeness (QED) is 0.737. The van der Waals surface area contributed by atoms with Crippen LogP contribution in [-0.2, 0) is 10.8 Å². The summed E-state index contributed by atoms with van der Waals surface area (Å²) >= 11 is 0. The maximum Gasteiger partial charge on any atom is 0.0963 e. The highest BCUT2D eigenvalue weighted by atomic mass is 32.2. The van der Waals surface area contributed by atoms with Crippen LogP contribution >= 0.6 is 0 Å². The number of nitrogens with one attached hydrogen (secondary N) is 1. The predicted octanol–water partition coefficient (Wildman–Crippen LogP) is 0.927. The lowest BCUT2D eigenvalue weighted by Crippen LogP contribution is -2.29. The van der Waals surface area contributed by atoms with Gasteiger partial charge >= 0.3 is 0 Å². The van der Waals surface area contributed by atoms with Crippen molar-refractivity contribution in [2.75, 3.05) is 24.6 Å². The van der Waals surface area contributed by atoms with E-state index < -0.39 is 10.8 Å². The van der Waals surface area contributed by atoms with Crippen molar-refractivity contribution < 1.29 is 4.21 Å². The van der Waals surface area contributed by atoms with Gasteiger partial charge in [0.15, 0.2) is 0 Å². The van der Waals surface area contributed by atoms with Gasteiger partial charge in [-0.2, -0.15) is 0 Å². The molecule has 1 unspecified atom stereocenters. The average Bonchev–Trinajstić information content (AvgIpc) is 2.19. The number of hydrogen-bond acceptors (Lipinski definition) is 3. The summed E-state index contributed by atoms with van der Waals surface area (Å²) in [5.41, 5.74) is 0. The van der Waals surface area contributed by atoms with Gasteiger partial charge in [-0.1, -0.05) is 6.92 Å². The highest BCUT2D eigenvalue weighted by Crippen LogP contribution is 2.03. The Kier molecular flexibility index (Phi) is 5.05. The Labute approximate surface area is 82.5 Å². The molecule has 1 heterocycles. The predicted molar refractivity (Wildman–Crippen MR) is 57.7 cm³/mol. The Hall–Kier alpha value is -0.380.